The van der Waals surface area contributed by atoms with Gasteiger partial charge in [-0.3, -0.25) is 4.79 Å². The summed E-state index contributed by atoms with van der Waals surface area (Å²) >= 11 is 6.00. The second-order valence-corrected chi connectivity index (χ2v) is 8.73. The Kier molecular flexibility index (Phi) is 8.87. The van der Waals surface area contributed by atoms with Crippen molar-refractivity contribution in [2.24, 2.45) is 0 Å². The number of phenolic OH excluding ortho intramolecular Hbond substituents is 2. The standard InChI is InChI=1S/C26H28ClFN2O4/c1-16(29-15-25(33)20-10-22(31)13-23(32)11-20)7-17-3-2-4-18(8-17)9-26(34)30-14-19-5-6-21(28)12-24(19)27/h2-6,8,10-13,16,25,29,31-33H,7,9,14-15H2,1H3,(H,30,34)/t16-,25?/m1/s1. The van der Waals surface area contributed by atoms with Crippen LogP contribution in [0.1, 0.15) is 35.3 Å². The maximum absolute atomic E-state index is 13.1. The van der Waals surface area contributed by atoms with E-state index >= 15 is 0 Å². The first-order chi connectivity index (χ1) is 16.2. The summed E-state index contributed by atoms with van der Waals surface area (Å²) in [6.07, 6.45) is -0.00240. The fourth-order valence-corrected chi connectivity index (χ4v) is 3.87. The maximum atomic E-state index is 13.1. The normalized spacial score (nSPS) is 12.8. The van der Waals surface area contributed by atoms with Gasteiger partial charge in [-0.05, 0) is 59.9 Å². The summed E-state index contributed by atoms with van der Waals surface area (Å²) < 4.78 is 13.1. The van der Waals surface area contributed by atoms with Crippen LogP contribution in [0.3, 0.4) is 0 Å². The predicted molar refractivity (Wildman–Crippen MR) is 129 cm³/mol. The first kappa shape index (κ1) is 25.5. The Morgan fingerprint density at radius 2 is 1.74 bits per heavy atom. The average Bonchev–Trinajstić information content (AvgIpc) is 2.76. The second-order valence-electron chi connectivity index (χ2n) is 8.32. The number of aliphatic hydroxyl groups excluding tert-OH is 1. The molecule has 0 saturated heterocycles. The molecule has 3 aromatic rings. The number of aromatic hydroxyl groups is 2. The molecule has 0 spiro atoms. The Balaban J connectivity index is 1.48. The van der Waals surface area contributed by atoms with E-state index in [1.54, 1.807) is 6.07 Å². The number of halogens is 2. The zero-order valence-corrected chi connectivity index (χ0v) is 19.5. The highest BCUT2D eigenvalue weighted by Crippen LogP contribution is 2.24. The molecule has 0 fully saturated rings. The summed E-state index contributed by atoms with van der Waals surface area (Å²) in [5.74, 6) is -0.803. The Bertz CT molecular complexity index is 1120. The molecular weight excluding hydrogens is 459 g/mol. The molecule has 1 amide bonds. The lowest BCUT2D eigenvalue weighted by molar-refractivity contribution is -0.120. The molecule has 0 heterocycles. The van der Waals surface area contributed by atoms with Gasteiger partial charge in [0.2, 0.25) is 5.91 Å². The van der Waals surface area contributed by atoms with Crippen molar-refractivity contribution in [3.8, 4) is 11.5 Å². The molecule has 0 aliphatic rings. The lowest BCUT2D eigenvalue weighted by Gasteiger charge is -2.18. The third-order valence-electron chi connectivity index (χ3n) is 5.36. The number of rotatable bonds is 10. The summed E-state index contributed by atoms with van der Waals surface area (Å²) in [6.45, 7) is 2.45. The smallest absolute Gasteiger partial charge is 0.224 e. The zero-order valence-electron chi connectivity index (χ0n) is 18.8. The minimum absolute atomic E-state index is 0.0326. The topological polar surface area (TPSA) is 102 Å². The molecule has 0 radical (unpaired) electrons. The van der Waals surface area contributed by atoms with Crippen LogP contribution in [0.2, 0.25) is 5.02 Å². The van der Waals surface area contributed by atoms with E-state index in [4.69, 9.17) is 11.6 Å². The van der Waals surface area contributed by atoms with E-state index in [0.29, 0.717) is 17.5 Å². The molecule has 0 aliphatic carbocycles. The number of carbonyl (C=O) groups excluding carboxylic acids is 1. The van der Waals surface area contributed by atoms with Gasteiger partial charge in [-0.1, -0.05) is 41.9 Å². The molecule has 3 aromatic carbocycles. The average molecular weight is 487 g/mol. The molecule has 34 heavy (non-hydrogen) atoms. The SMILES string of the molecule is C[C@H](Cc1cccc(CC(=O)NCc2ccc(F)cc2Cl)c1)NCC(O)c1cc(O)cc(O)c1. The van der Waals surface area contributed by atoms with Gasteiger partial charge in [-0.25, -0.2) is 4.39 Å². The van der Waals surface area contributed by atoms with Crippen LogP contribution in [0.5, 0.6) is 11.5 Å². The first-order valence-corrected chi connectivity index (χ1v) is 11.3. The number of benzene rings is 3. The van der Waals surface area contributed by atoms with E-state index in [1.165, 1.54) is 30.3 Å². The first-order valence-electron chi connectivity index (χ1n) is 10.9. The van der Waals surface area contributed by atoms with Crippen molar-refractivity contribution in [3.05, 3.63) is 93.8 Å². The van der Waals surface area contributed by atoms with Gasteiger partial charge in [0.15, 0.2) is 0 Å². The van der Waals surface area contributed by atoms with Crippen LogP contribution in [-0.4, -0.2) is 33.8 Å². The van der Waals surface area contributed by atoms with Crippen molar-refractivity contribution < 1.29 is 24.5 Å². The third kappa shape index (κ3) is 7.73. The van der Waals surface area contributed by atoms with E-state index in [0.717, 1.165) is 11.1 Å². The molecular formula is C26H28ClFN2O4. The molecule has 3 rings (SSSR count). The minimum atomic E-state index is -0.884. The summed E-state index contributed by atoms with van der Waals surface area (Å²) in [4.78, 5) is 12.4. The number of hydrogen-bond donors (Lipinski definition) is 5. The maximum Gasteiger partial charge on any atom is 0.224 e. The monoisotopic (exact) mass is 486 g/mol. The van der Waals surface area contributed by atoms with Gasteiger partial charge in [-0.2, -0.15) is 0 Å². The lowest BCUT2D eigenvalue weighted by Crippen LogP contribution is -2.32. The third-order valence-corrected chi connectivity index (χ3v) is 5.71. The van der Waals surface area contributed by atoms with Crippen LogP contribution in [0.15, 0.2) is 60.7 Å². The van der Waals surface area contributed by atoms with Crippen LogP contribution < -0.4 is 10.6 Å². The number of hydrogen-bond acceptors (Lipinski definition) is 5. The molecule has 0 saturated carbocycles. The highest BCUT2D eigenvalue weighted by molar-refractivity contribution is 6.31. The zero-order chi connectivity index (χ0) is 24.7. The van der Waals surface area contributed by atoms with Gasteiger partial charge in [-0.15, -0.1) is 0 Å². The molecule has 0 aromatic heterocycles. The summed E-state index contributed by atoms with van der Waals surface area (Å²) in [7, 11) is 0. The Hall–Kier alpha value is -3.13. The number of amides is 1. The van der Waals surface area contributed by atoms with E-state index in [-0.39, 0.29) is 48.0 Å². The largest absolute Gasteiger partial charge is 0.508 e. The summed E-state index contributed by atoms with van der Waals surface area (Å²) in [5, 5.41) is 35.8. The van der Waals surface area contributed by atoms with Crippen molar-refractivity contribution in [2.45, 2.75) is 38.5 Å². The fraction of sp³-hybridized carbons (Fsp3) is 0.269. The van der Waals surface area contributed by atoms with Crippen molar-refractivity contribution >= 4 is 17.5 Å². The molecule has 6 nitrogen and oxygen atoms in total. The molecule has 0 bridgehead atoms. The Labute approximate surface area is 203 Å². The molecule has 5 N–H and O–H groups in total. The van der Waals surface area contributed by atoms with Crippen molar-refractivity contribution in [3.63, 3.8) is 0 Å². The van der Waals surface area contributed by atoms with Crippen LogP contribution in [0.25, 0.3) is 0 Å². The van der Waals surface area contributed by atoms with Gasteiger partial charge < -0.3 is 26.0 Å². The fourth-order valence-electron chi connectivity index (χ4n) is 3.64. The van der Waals surface area contributed by atoms with Crippen LogP contribution in [-0.2, 0) is 24.2 Å². The van der Waals surface area contributed by atoms with Crippen LogP contribution >= 0.6 is 11.6 Å². The molecule has 1 unspecified atom stereocenters. The van der Waals surface area contributed by atoms with E-state index in [1.807, 2.05) is 31.2 Å². The van der Waals surface area contributed by atoms with E-state index in [2.05, 4.69) is 10.6 Å². The minimum Gasteiger partial charge on any atom is -0.508 e. The van der Waals surface area contributed by atoms with Gasteiger partial charge >= 0.3 is 0 Å². The molecule has 2 atom stereocenters. The Morgan fingerprint density at radius 1 is 1.03 bits per heavy atom. The number of aliphatic hydroxyl groups is 1. The van der Waals surface area contributed by atoms with Crippen molar-refractivity contribution in [1.29, 1.82) is 0 Å². The predicted octanol–water partition coefficient (Wildman–Crippen LogP) is 4.00. The van der Waals surface area contributed by atoms with Crippen LogP contribution in [0, 0.1) is 5.82 Å². The molecule has 0 aliphatic heterocycles. The van der Waals surface area contributed by atoms with Crippen molar-refractivity contribution in [2.75, 3.05) is 6.54 Å². The molecule has 180 valence electrons. The van der Waals surface area contributed by atoms with Gasteiger partial charge in [0.25, 0.3) is 0 Å². The quantitative estimate of drug-likeness (QED) is 0.298. The van der Waals surface area contributed by atoms with Gasteiger partial charge in [0.05, 0.1) is 12.5 Å². The number of nitrogens with one attached hydrogen (secondary N) is 2. The highest BCUT2D eigenvalue weighted by Gasteiger charge is 2.13. The van der Waals surface area contributed by atoms with Gasteiger partial charge in [0.1, 0.15) is 17.3 Å². The molecule has 8 heteroatoms. The highest BCUT2D eigenvalue weighted by atomic mass is 35.5. The van der Waals surface area contributed by atoms with E-state index < -0.39 is 11.9 Å². The van der Waals surface area contributed by atoms with Gasteiger partial charge in [0, 0.05) is 30.2 Å². The van der Waals surface area contributed by atoms with E-state index in [9.17, 15) is 24.5 Å². The van der Waals surface area contributed by atoms with Crippen molar-refractivity contribution in [1.82, 2.24) is 10.6 Å². The second kappa shape index (κ2) is 11.8. The van der Waals surface area contributed by atoms with Crippen LogP contribution in [0.4, 0.5) is 4.39 Å². The summed E-state index contributed by atoms with van der Waals surface area (Å²) in [5.41, 5.74) is 2.97. The Morgan fingerprint density at radius 3 is 2.44 bits per heavy atom. The summed E-state index contributed by atoms with van der Waals surface area (Å²) in [6, 6.07) is 15.8. The number of phenols is 2. The number of carbonyl (C=O) groups is 1. The lowest BCUT2D eigenvalue weighted by atomic mass is 10.0.